The van der Waals surface area contributed by atoms with Gasteiger partial charge in [0, 0.05) is 30.6 Å². The summed E-state index contributed by atoms with van der Waals surface area (Å²) in [6, 6.07) is 7.78. The number of nitro groups is 1. The van der Waals surface area contributed by atoms with Crippen molar-refractivity contribution in [2.24, 2.45) is 5.92 Å². The van der Waals surface area contributed by atoms with Gasteiger partial charge in [0.1, 0.15) is 11.7 Å². The standard InChI is InChI=1S/C20H20N6O4/c1-11-5-2-3-8-25(11)20-23-17-16(19(28)24-20)15(14(10-21)18(27)22-17)12-6-4-7-13(9-12)26(29)30/h4,6-7,9,11,14-15H,2-3,5,8H2,1H3,(H2,22,23,24,27,28). The van der Waals surface area contributed by atoms with Gasteiger partial charge < -0.3 is 10.2 Å². The Hall–Kier alpha value is -3.74. The summed E-state index contributed by atoms with van der Waals surface area (Å²) in [7, 11) is 0. The number of aromatic nitrogens is 2. The van der Waals surface area contributed by atoms with Crippen LogP contribution in [0.2, 0.25) is 0 Å². The molecule has 154 valence electrons. The van der Waals surface area contributed by atoms with Gasteiger partial charge in [-0.15, -0.1) is 0 Å². The number of piperidine rings is 1. The number of aromatic amines is 1. The van der Waals surface area contributed by atoms with Gasteiger partial charge in [0.15, 0.2) is 0 Å². The van der Waals surface area contributed by atoms with Crippen LogP contribution in [0.5, 0.6) is 0 Å². The number of benzene rings is 1. The Kier molecular flexibility index (Phi) is 4.95. The molecule has 2 aliphatic heterocycles. The van der Waals surface area contributed by atoms with Crippen LogP contribution in [0.3, 0.4) is 0 Å². The van der Waals surface area contributed by atoms with Crippen molar-refractivity contribution in [2.45, 2.75) is 38.1 Å². The summed E-state index contributed by atoms with van der Waals surface area (Å²) in [6.45, 7) is 2.79. The second-order valence-electron chi connectivity index (χ2n) is 7.62. The Bertz CT molecular complexity index is 1120. The number of nitro benzene ring substituents is 1. The van der Waals surface area contributed by atoms with Gasteiger partial charge in [0.05, 0.1) is 16.6 Å². The number of nitrogens with one attached hydrogen (secondary N) is 2. The van der Waals surface area contributed by atoms with E-state index in [4.69, 9.17) is 0 Å². The van der Waals surface area contributed by atoms with Crippen molar-refractivity contribution in [3.8, 4) is 6.07 Å². The van der Waals surface area contributed by atoms with E-state index in [0.717, 1.165) is 25.8 Å². The van der Waals surface area contributed by atoms with E-state index >= 15 is 0 Å². The topological polar surface area (TPSA) is 145 Å². The molecule has 10 heteroatoms. The summed E-state index contributed by atoms with van der Waals surface area (Å²) >= 11 is 0. The molecule has 30 heavy (non-hydrogen) atoms. The average molecular weight is 408 g/mol. The quantitative estimate of drug-likeness (QED) is 0.585. The predicted molar refractivity (Wildman–Crippen MR) is 108 cm³/mol. The minimum atomic E-state index is -1.21. The number of non-ortho nitro benzene ring substituents is 1. The Balaban J connectivity index is 1.86. The van der Waals surface area contributed by atoms with Crippen LogP contribution in [0.15, 0.2) is 29.1 Å². The maximum Gasteiger partial charge on any atom is 0.269 e. The molecular weight excluding hydrogens is 388 g/mol. The molecule has 1 fully saturated rings. The number of amides is 1. The van der Waals surface area contributed by atoms with Crippen LogP contribution in [0.4, 0.5) is 17.5 Å². The monoisotopic (exact) mass is 408 g/mol. The van der Waals surface area contributed by atoms with Crippen molar-refractivity contribution in [2.75, 3.05) is 16.8 Å². The van der Waals surface area contributed by atoms with Crippen molar-refractivity contribution in [3.05, 3.63) is 55.9 Å². The molecule has 0 aliphatic carbocycles. The van der Waals surface area contributed by atoms with E-state index in [1.807, 2.05) is 11.0 Å². The van der Waals surface area contributed by atoms with Gasteiger partial charge >= 0.3 is 0 Å². The maximum absolute atomic E-state index is 13.1. The van der Waals surface area contributed by atoms with Gasteiger partial charge in [-0.05, 0) is 31.7 Å². The zero-order valence-corrected chi connectivity index (χ0v) is 16.3. The average Bonchev–Trinajstić information content (AvgIpc) is 2.73. The van der Waals surface area contributed by atoms with Crippen molar-refractivity contribution in [1.29, 1.82) is 5.26 Å². The lowest BCUT2D eigenvalue weighted by Crippen LogP contribution is -2.42. The Morgan fingerprint density at radius 2 is 2.13 bits per heavy atom. The fourth-order valence-electron chi connectivity index (χ4n) is 4.24. The lowest BCUT2D eigenvalue weighted by atomic mass is 9.79. The molecule has 0 radical (unpaired) electrons. The van der Waals surface area contributed by atoms with E-state index in [9.17, 15) is 25.0 Å². The zero-order chi connectivity index (χ0) is 21.4. The molecule has 4 rings (SSSR count). The molecule has 10 nitrogen and oxygen atoms in total. The first-order valence-electron chi connectivity index (χ1n) is 9.76. The molecular formula is C20H20N6O4. The fraction of sp³-hybridized carbons (Fsp3) is 0.400. The second-order valence-corrected chi connectivity index (χ2v) is 7.62. The summed E-state index contributed by atoms with van der Waals surface area (Å²) in [4.78, 5) is 45.6. The first kappa shape index (κ1) is 19.6. The van der Waals surface area contributed by atoms with E-state index in [1.165, 1.54) is 18.2 Å². The van der Waals surface area contributed by atoms with Crippen LogP contribution in [0.25, 0.3) is 0 Å². The summed E-state index contributed by atoms with van der Waals surface area (Å²) < 4.78 is 0. The smallest absolute Gasteiger partial charge is 0.269 e. The Morgan fingerprint density at radius 3 is 2.83 bits per heavy atom. The number of carbonyl (C=O) groups excluding carboxylic acids is 1. The number of fused-ring (bicyclic) bond motifs is 1. The Morgan fingerprint density at radius 1 is 1.33 bits per heavy atom. The minimum Gasteiger partial charge on any atom is -0.340 e. The van der Waals surface area contributed by atoms with Gasteiger partial charge in [0.25, 0.3) is 11.2 Å². The number of nitriles is 1. The highest BCUT2D eigenvalue weighted by atomic mass is 16.6. The molecule has 3 atom stereocenters. The zero-order valence-electron chi connectivity index (χ0n) is 16.3. The van der Waals surface area contributed by atoms with Gasteiger partial charge in [-0.1, -0.05) is 12.1 Å². The molecule has 0 saturated carbocycles. The highest BCUT2D eigenvalue weighted by Gasteiger charge is 2.41. The summed E-state index contributed by atoms with van der Waals surface area (Å²) in [6.07, 6.45) is 3.05. The summed E-state index contributed by atoms with van der Waals surface area (Å²) in [5.74, 6) is -2.28. The highest BCUT2D eigenvalue weighted by molar-refractivity contribution is 5.98. The van der Waals surface area contributed by atoms with Crippen LogP contribution in [-0.4, -0.2) is 33.4 Å². The van der Waals surface area contributed by atoms with Crippen molar-refractivity contribution in [1.82, 2.24) is 9.97 Å². The van der Waals surface area contributed by atoms with E-state index in [2.05, 4.69) is 22.2 Å². The molecule has 2 aromatic rings. The van der Waals surface area contributed by atoms with Crippen LogP contribution < -0.4 is 15.8 Å². The SMILES string of the molecule is CC1CCCCN1c1nc2c(c(=O)[nH]1)C(c1cccc([N+](=O)[O-])c1)C(C#N)C(=O)N2. The molecule has 3 unspecified atom stereocenters. The van der Waals surface area contributed by atoms with Gasteiger partial charge in [-0.3, -0.25) is 24.7 Å². The molecule has 1 aromatic heterocycles. The second kappa shape index (κ2) is 7.59. The van der Waals surface area contributed by atoms with Gasteiger partial charge in [-0.2, -0.15) is 10.2 Å². The predicted octanol–water partition coefficient (Wildman–Crippen LogP) is 2.28. The lowest BCUT2D eigenvalue weighted by Gasteiger charge is -2.35. The Labute approximate surface area is 171 Å². The van der Waals surface area contributed by atoms with Crippen LogP contribution >= 0.6 is 0 Å². The van der Waals surface area contributed by atoms with Crippen molar-refractivity contribution >= 4 is 23.4 Å². The van der Waals surface area contributed by atoms with Crippen LogP contribution in [-0.2, 0) is 4.79 Å². The largest absolute Gasteiger partial charge is 0.340 e. The summed E-state index contributed by atoms with van der Waals surface area (Å²) in [5, 5.41) is 23.4. The molecule has 2 aliphatic rings. The van der Waals surface area contributed by atoms with Crippen LogP contribution in [0, 0.1) is 27.4 Å². The van der Waals surface area contributed by atoms with Gasteiger partial charge in [0.2, 0.25) is 11.9 Å². The summed E-state index contributed by atoms with van der Waals surface area (Å²) in [5.41, 5.74) is -0.169. The molecule has 1 amide bonds. The van der Waals surface area contributed by atoms with Crippen molar-refractivity contribution < 1.29 is 9.72 Å². The molecule has 1 aromatic carbocycles. The maximum atomic E-state index is 13.1. The van der Waals surface area contributed by atoms with E-state index in [-0.39, 0.29) is 23.1 Å². The fourth-order valence-corrected chi connectivity index (χ4v) is 4.24. The first-order chi connectivity index (χ1) is 14.4. The van der Waals surface area contributed by atoms with E-state index < -0.39 is 28.2 Å². The third-order valence-electron chi connectivity index (χ3n) is 5.77. The third kappa shape index (κ3) is 3.28. The number of carbonyl (C=O) groups is 1. The molecule has 0 bridgehead atoms. The number of anilines is 2. The molecule has 1 saturated heterocycles. The van der Waals surface area contributed by atoms with Crippen LogP contribution in [0.1, 0.15) is 43.2 Å². The number of nitrogens with zero attached hydrogens (tertiary/aromatic N) is 4. The molecule has 3 heterocycles. The molecule has 0 spiro atoms. The van der Waals surface area contributed by atoms with Crippen molar-refractivity contribution in [3.63, 3.8) is 0 Å². The molecule has 2 N–H and O–H groups in total. The van der Waals surface area contributed by atoms with E-state index in [0.29, 0.717) is 11.5 Å². The lowest BCUT2D eigenvalue weighted by molar-refractivity contribution is -0.384. The number of rotatable bonds is 3. The first-order valence-corrected chi connectivity index (χ1v) is 9.76. The minimum absolute atomic E-state index is 0.0968. The number of hydrogen-bond donors (Lipinski definition) is 2. The third-order valence-corrected chi connectivity index (χ3v) is 5.77. The number of hydrogen-bond acceptors (Lipinski definition) is 7. The van der Waals surface area contributed by atoms with E-state index in [1.54, 1.807) is 6.07 Å². The highest BCUT2D eigenvalue weighted by Crippen LogP contribution is 2.39. The number of H-pyrrole nitrogens is 1. The van der Waals surface area contributed by atoms with Gasteiger partial charge in [-0.25, -0.2) is 0 Å². The normalized spacial score (nSPS) is 23.3.